The zero-order chi connectivity index (χ0) is 17.6. The van der Waals surface area contributed by atoms with Crippen molar-refractivity contribution in [1.29, 1.82) is 0 Å². The average Bonchev–Trinajstić information content (AvgIpc) is 2.65. The molecule has 0 spiro atoms. The molecule has 2 aromatic carbocycles. The third kappa shape index (κ3) is 4.41. The lowest BCUT2D eigenvalue weighted by atomic mass is 9.96. The maximum absolute atomic E-state index is 12.4. The van der Waals surface area contributed by atoms with Gasteiger partial charge in [0.15, 0.2) is 0 Å². The van der Waals surface area contributed by atoms with Crippen molar-refractivity contribution in [2.75, 3.05) is 13.2 Å². The van der Waals surface area contributed by atoms with Gasteiger partial charge in [-0.05, 0) is 48.6 Å². The van der Waals surface area contributed by atoms with E-state index in [-0.39, 0.29) is 18.4 Å². The van der Waals surface area contributed by atoms with Crippen molar-refractivity contribution in [2.24, 2.45) is 4.99 Å². The second-order valence-corrected chi connectivity index (χ2v) is 6.81. The molecule has 0 bridgehead atoms. The first-order valence-electron chi connectivity index (χ1n) is 8.23. The van der Waals surface area contributed by atoms with Crippen molar-refractivity contribution in [3.63, 3.8) is 0 Å². The number of amides is 1. The summed E-state index contributed by atoms with van der Waals surface area (Å²) in [7, 11) is 0. The number of aryl methyl sites for hydroxylation is 1. The number of fused-ring (bicyclic) bond motifs is 1. The molecule has 1 amide bonds. The Labute approximate surface area is 151 Å². The first-order valence-corrected chi connectivity index (χ1v) is 9.05. The van der Waals surface area contributed by atoms with E-state index in [1.165, 1.54) is 11.9 Å². The number of nitrogens with zero attached hydrogens (tertiary/aromatic N) is 1. The number of nitrogens with one attached hydrogen (secondary N) is 2. The third-order valence-electron chi connectivity index (χ3n) is 4.08. The number of hydrogen-bond donors (Lipinski definition) is 3. The van der Waals surface area contributed by atoms with Crippen molar-refractivity contribution in [2.45, 2.75) is 24.2 Å². The maximum Gasteiger partial charge on any atom is 0.287 e. The Bertz CT molecular complexity index is 777. The standard InChI is InChI=1S/C19H21N3O2S/c1-13-7-8-16-17(11-13)25-22-18(21-16)19(24)20-12-15(9-10-23)14-5-3-2-4-6-14/h2-8,11,15,23H,9-10,12H2,1H3,(H,20,24)(H,21,22). The fourth-order valence-electron chi connectivity index (χ4n) is 2.71. The molecule has 2 aromatic rings. The van der Waals surface area contributed by atoms with E-state index in [1.807, 2.05) is 55.5 Å². The van der Waals surface area contributed by atoms with E-state index in [0.29, 0.717) is 18.8 Å². The second-order valence-electron chi connectivity index (χ2n) is 5.97. The van der Waals surface area contributed by atoms with Crippen LogP contribution in [0.3, 0.4) is 0 Å². The second kappa shape index (κ2) is 8.18. The van der Waals surface area contributed by atoms with Crippen LogP contribution in [0, 0.1) is 6.92 Å². The fourth-order valence-corrected chi connectivity index (χ4v) is 3.51. The molecule has 3 N–H and O–H groups in total. The molecule has 1 aliphatic heterocycles. The topological polar surface area (TPSA) is 73.7 Å². The monoisotopic (exact) mass is 355 g/mol. The van der Waals surface area contributed by atoms with Crippen LogP contribution in [0.5, 0.6) is 0 Å². The van der Waals surface area contributed by atoms with E-state index in [2.05, 4.69) is 15.0 Å². The van der Waals surface area contributed by atoms with Crippen LogP contribution in [0.2, 0.25) is 0 Å². The molecule has 3 rings (SSSR count). The molecule has 0 aromatic heterocycles. The SMILES string of the molecule is Cc1ccc2c(c1)SNC(C(=O)NCC(CCO)c1ccccc1)=N2. The van der Waals surface area contributed by atoms with Gasteiger partial charge in [0.25, 0.3) is 5.91 Å². The largest absolute Gasteiger partial charge is 0.396 e. The minimum Gasteiger partial charge on any atom is -0.396 e. The van der Waals surface area contributed by atoms with Crippen LogP contribution in [0.25, 0.3) is 0 Å². The Balaban J connectivity index is 1.66. The first-order chi connectivity index (χ1) is 12.2. The van der Waals surface area contributed by atoms with E-state index >= 15 is 0 Å². The van der Waals surface area contributed by atoms with Gasteiger partial charge in [0.1, 0.15) is 0 Å². The molecular weight excluding hydrogens is 334 g/mol. The zero-order valence-corrected chi connectivity index (χ0v) is 14.8. The molecule has 0 fully saturated rings. The Hall–Kier alpha value is -2.31. The Morgan fingerprint density at radius 1 is 1.28 bits per heavy atom. The number of rotatable bonds is 6. The predicted molar refractivity (Wildman–Crippen MR) is 101 cm³/mol. The van der Waals surface area contributed by atoms with Crippen LogP contribution in [-0.2, 0) is 4.79 Å². The van der Waals surface area contributed by atoms with Crippen molar-refractivity contribution in [3.05, 3.63) is 59.7 Å². The van der Waals surface area contributed by atoms with Gasteiger partial charge in [-0.2, -0.15) is 0 Å². The average molecular weight is 355 g/mol. The molecule has 0 aliphatic carbocycles. The summed E-state index contributed by atoms with van der Waals surface area (Å²) >= 11 is 1.40. The number of carbonyl (C=O) groups is 1. The summed E-state index contributed by atoms with van der Waals surface area (Å²) < 4.78 is 3.00. The summed E-state index contributed by atoms with van der Waals surface area (Å²) in [6.07, 6.45) is 0.598. The van der Waals surface area contributed by atoms with E-state index in [9.17, 15) is 9.90 Å². The number of carbonyl (C=O) groups excluding carboxylic acids is 1. The van der Waals surface area contributed by atoms with Gasteiger partial charge in [0, 0.05) is 19.1 Å². The van der Waals surface area contributed by atoms with Gasteiger partial charge >= 0.3 is 0 Å². The van der Waals surface area contributed by atoms with Crippen molar-refractivity contribution in [3.8, 4) is 0 Å². The highest BCUT2D eigenvalue weighted by Gasteiger charge is 2.20. The molecule has 1 atom stereocenters. The molecule has 1 aliphatic rings. The summed E-state index contributed by atoms with van der Waals surface area (Å²) in [5.74, 6) is 0.136. The molecule has 5 nitrogen and oxygen atoms in total. The number of aliphatic hydroxyl groups excluding tert-OH is 1. The molecule has 0 saturated heterocycles. The third-order valence-corrected chi connectivity index (χ3v) is 4.92. The normalized spacial score (nSPS) is 14.1. The number of hydrogen-bond acceptors (Lipinski definition) is 5. The molecule has 1 heterocycles. The van der Waals surface area contributed by atoms with Crippen molar-refractivity contribution < 1.29 is 9.90 Å². The van der Waals surface area contributed by atoms with E-state index in [0.717, 1.165) is 21.7 Å². The van der Waals surface area contributed by atoms with Crippen LogP contribution < -0.4 is 10.0 Å². The summed E-state index contributed by atoms with van der Waals surface area (Å²) in [4.78, 5) is 17.9. The van der Waals surface area contributed by atoms with Crippen LogP contribution in [0.1, 0.15) is 23.5 Å². The van der Waals surface area contributed by atoms with Crippen LogP contribution in [-0.4, -0.2) is 30.0 Å². The van der Waals surface area contributed by atoms with Gasteiger partial charge in [0.2, 0.25) is 5.84 Å². The maximum atomic E-state index is 12.4. The summed E-state index contributed by atoms with van der Waals surface area (Å²) in [6.45, 7) is 2.56. The summed E-state index contributed by atoms with van der Waals surface area (Å²) in [5, 5.41) is 12.2. The summed E-state index contributed by atoms with van der Waals surface area (Å²) in [5.41, 5.74) is 3.06. The zero-order valence-electron chi connectivity index (χ0n) is 14.0. The van der Waals surface area contributed by atoms with Gasteiger partial charge < -0.3 is 15.1 Å². The van der Waals surface area contributed by atoms with Gasteiger partial charge in [0.05, 0.1) is 10.6 Å². The van der Waals surface area contributed by atoms with E-state index < -0.39 is 0 Å². The van der Waals surface area contributed by atoms with Crippen LogP contribution in [0.4, 0.5) is 5.69 Å². The van der Waals surface area contributed by atoms with Gasteiger partial charge in [-0.25, -0.2) is 4.99 Å². The first kappa shape index (κ1) is 17.5. The highest BCUT2D eigenvalue weighted by atomic mass is 32.2. The lowest BCUT2D eigenvalue weighted by molar-refractivity contribution is -0.115. The number of aliphatic hydroxyl groups is 1. The molecule has 1 unspecified atom stereocenters. The quantitative estimate of drug-likeness (QED) is 0.697. The molecular formula is C19H21N3O2S. The number of aliphatic imine (C=N–C) groups is 1. The minimum atomic E-state index is -0.238. The number of benzene rings is 2. The van der Waals surface area contributed by atoms with Crippen molar-refractivity contribution >= 4 is 29.4 Å². The predicted octanol–water partition coefficient (Wildman–Crippen LogP) is 2.92. The van der Waals surface area contributed by atoms with E-state index in [1.54, 1.807) is 0 Å². The molecule has 130 valence electrons. The highest BCUT2D eigenvalue weighted by Crippen LogP contribution is 2.32. The Kier molecular flexibility index (Phi) is 5.73. The molecule has 25 heavy (non-hydrogen) atoms. The van der Waals surface area contributed by atoms with Gasteiger partial charge in [-0.1, -0.05) is 36.4 Å². The Morgan fingerprint density at radius 2 is 2.08 bits per heavy atom. The van der Waals surface area contributed by atoms with Gasteiger partial charge in [-0.3, -0.25) is 4.79 Å². The Morgan fingerprint density at radius 3 is 2.84 bits per heavy atom. The fraction of sp³-hybridized carbons (Fsp3) is 0.263. The van der Waals surface area contributed by atoms with Crippen LogP contribution in [0.15, 0.2) is 58.4 Å². The summed E-state index contributed by atoms with van der Waals surface area (Å²) in [6, 6.07) is 15.8. The van der Waals surface area contributed by atoms with Crippen molar-refractivity contribution in [1.82, 2.24) is 10.0 Å². The smallest absolute Gasteiger partial charge is 0.287 e. The van der Waals surface area contributed by atoms with Gasteiger partial charge in [-0.15, -0.1) is 0 Å². The highest BCUT2D eigenvalue weighted by molar-refractivity contribution is 7.98. The molecule has 6 heteroatoms. The lowest BCUT2D eigenvalue weighted by Gasteiger charge is -2.19. The molecule has 0 saturated carbocycles. The molecule has 0 radical (unpaired) electrons. The van der Waals surface area contributed by atoms with E-state index in [4.69, 9.17) is 0 Å². The lowest BCUT2D eigenvalue weighted by Crippen LogP contribution is -2.40. The number of amidine groups is 1. The van der Waals surface area contributed by atoms with Crippen LogP contribution >= 0.6 is 11.9 Å². The minimum absolute atomic E-state index is 0.0712.